The number of halogens is 2. The zero-order valence-electron chi connectivity index (χ0n) is 17.4. The quantitative estimate of drug-likeness (QED) is 0.567. The zero-order chi connectivity index (χ0) is 21.7. The summed E-state index contributed by atoms with van der Waals surface area (Å²) in [5.41, 5.74) is 1.69. The molecule has 6 rings (SSSR count). The first kappa shape index (κ1) is 20.3. The van der Waals surface area contributed by atoms with E-state index in [0.29, 0.717) is 51.5 Å². The molecule has 9 heteroatoms. The molecule has 3 saturated carbocycles. The standard InChI is InChI=1S/C22H23ClFN5O2/c1-29-21-15(7-13(24)9-26-21)19(28-29)20-25-10-16(23)17(27-20)8-14-11-3-5-12(6-4-11)18(14)22(30)31-2/h7,9-12,14,18H,3-6,8H2,1-2H3/t11?,12?,14?,18-/m1/s1. The van der Waals surface area contributed by atoms with Gasteiger partial charge in [0.15, 0.2) is 11.5 Å². The normalized spacial score (nSPS) is 25.2. The molecule has 0 N–H and O–H groups in total. The van der Waals surface area contributed by atoms with E-state index in [1.165, 1.54) is 13.2 Å². The minimum Gasteiger partial charge on any atom is -0.469 e. The summed E-state index contributed by atoms with van der Waals surface area (Å²) in [6.07, 6.45) is 7.67. The van der Waals surface area contributed by atoms with Crippen LogP contribution >= 0.6 is 11.6 Å². The number of esters is 1. The van der Waals surface area contributed by atoms with Crippen LogP contribution in [0.25, 0.3) is 22.6 Å². The van der Waals surface area contributed by atoms with Crippen molar-refractivity contribution in [2.24, 2.45) is 30.7 Å². The van der Waals surface area contributed by atoms with Gasteiger partial charge in [-0.25, -0.2) is 24.0 Å². The van der Waals surface area contributed by atoms with Crippen LogP contribution in [0.2, 0.25) is 5.02 Å². The highest BCUT2D eigenvalue weighted by Crippen LogP contribution is 2.50. The predicted molar refractivity (Wildman–Crippen MR) is 113 cm³/mol. The van der Waals surface area contributed by atoms with E-state index in [1.54, 1.807) is 17.9 Å². The Morgan fingerprint density at radius 3 is 2.71 bits per heavy atom. The Kier molecular flexibility index (Phi) is 5.12. The number of carbonyl (C=O) groups is 1. The van der Waals surface area contributed by atoms with Crippen molar-refractivity contribution >= 4 is 28.6 Å². The molecule has 3 heterocycles. The molecule has 3 aromatic rings. The van der Waals surface area contributed by atoms with Gasteiger partial charge in [-0.1, -0.05) is 11.6 Å². The van der Waals surface area contributed by atoms with Crippen molar-refractivity contribution in [3.05, 3.63) is 35.0 Å². The third-order valence-corrected chi connectivity index (χ3v) is 7.28. The minimum atomic E-state index is -0.449. The van der Waals surface area contributed by atoms with Crippen molar-refractivity contribution < 1.29 is 13.9 Å². The zero-order valence-corrected chi connectivity index (χ0v) is 18.1. The van der Waals surface area contributed by atoms with Crippen LogP contribution in [0, 0.1) is 29.5 Å². The minimum absolute atomic E-state index is 0.124. The summed E-state index contributed by atoms with van der Waals surface area (Å²) < 4.78 is 20.5. The maximum absolute atomic E-state index is 13.8. The summed E-state index contributed by atoms with van der Waals surface area (Å²) in [4.78, 5) is 25.8. The van der Waals surface area contributed by atoms with Gasteiger partial charge >= 0.3 is 5.97 Å². The summed E-state index contributed by atoms with van der Waals surface area (Å²) >= 11 is 6.48. The first-order valence-corrected chi connectivity index (χ1v) is 10.9. The number of pyridine rings is 1. The van der Waals surface area contributed by atoms with E-state index in [-0.39, 0.29) is 17.8 Å². The SMILES string of the molecule is COC(=O)[C@@H]1C2CCC(CC2)C1Cc1nc(-c2nn(C)c3ncc(F)cc23)ncc1Cl. The van der Waals surface area contributed by atoms with Crippen LogP contribution in [0.5, 0.6) is 0 Å². The summed E-state index contributed by atoms with van der Waals surface area (Å²) in [6.45, 7) is 0. The van der Waals surface area contributed by atoms with Crippen LogP contribution in [-0.4, -0.2) is 37.8 Å². The Balaban J connectivity index is 1.53. The van der Waals surface area contributed by atoms with E-state index < -0.39 is 5.82 Å². The first-order chi connectivity index (χ1) is 15.0. The fourth-order valence-electron chi connectivity index (χ4n) is 5.54. The van der Waals surface area contributed by atoms with Gasteiger partial charge in [0.2, 0.25) is 0 Å². The second kappa shape index (κ2) is 7.82. The lowest BCUT2D eigenvalue weighted by molar-refractivity contribution is -0.156. The van der Waals surface area contributed by atoms with Gasteiger partial charge in [0.1, 0.15) is 11.5 Å². The number of aryl methyl sites for hydroxylation is 1. The van der Waals surface area contributed by atoms with Crippen molar-refractivity contribution in [3.63, 3.8) is 0 Å². The molecule has 2 atom stereocenters. The highest BCUT2D eigenvalue weighted by atomic mass is 35.5. The van der Waals surface area contributed by atoms with Crippen molar-refractivity contribution in [3.8, 4) is 11.5 Å². The van der Waals surface area contributed by atoms with Crippen LogP contribution in [-0.2, 0) is 23.0 Å². The molecule has 31 heavy (non-hydrogen) atoms. The van der Waals surface area contributed by atoms with Gasteiger partial charge in [0.25, 0.3) is 0 Å². The average Bonchev–Trinajstić information content (AvgIpc) is 3.11. The second-order valence-corrected chi connectivity index (χ2v) is 8.98. The summed E-state index contributed by atoms with van der Waals surface area (Å²) in [5.74, 6) is 0.611. The number of carbonyl (C=O) groups excluding carboxylic acids is 1. The highest BCUT2D eigenvalue weighted by molar-refractivity contribution is 6.31. The molecular weight excluding hydrogens is 421 g/mol. The number of nitrogens with zero attached hydrogens (tertiary/aromatic N) is 5. The molecule has 3 fully saturated rings. The smallest absolute Gasteiger partial charge is 0.309 e. The van der Waals surface area contributed by atoms with Crippen molar-refractivity contribution in [1.82, 2.24) is 24.7 Å². The summed E-state index contributed by atoms with van der Waals surface area (Å²) in [7, 11) is 3.20. The van der Waals surface area contributed by atoms with Gasteiger partial charge in [-0.05, 0) is 55.9 Å². The Labute approximate surface area is 184 Å². The van der Waals surface area contributed by atoms with E-state index in [0.717, 1.165) is 31.9 Å². The summed E-state index contributed by atoms with van der Waals surface area (Å²) in [6, 6.07) is 1.38. The predicted octanol–water partition coefficient (Wildman–Crippen LogP) is 3.99. The van der Waals surface area contributed by atoms with Crippen molar-refractivity contribution in [1.29, 1.82) is 0 Å². The highest BCUT2D eigenvalue weighted by Gasteiger charge is 2.47. The lowest BCUT2D eigenvalue weighted by atomic mass is 9.57. The average molecular weight is 444 g/mol. The molecule has 0 spiro atoms. The Bertz CT molecular complexity index is 1160. The first-order valence-electron chi connectivity index (χ1n) is 10.5. The molecule has 0 aromatic carbocycles. The van der Waals surface area contributed by atoms with Gasteiger partial charge in [0.05, 0.1) is 35.3 Å². The number of ether oxygens (including phenoxy) is 1. The van der Waals surface area contributed by atoms with Gasteiger partial charge in [0, 0.05) is 13.2 Å². The number of hydrogen-bond donors (Lipinski definition) is 0. The molecule has 3 aliphatic rings. The Morgan fingerprint density at radius 2 is 1.97 bits per heavy atom. The molecule has 3 aliphatic carbocycles. The summed E-state index contributed by atoms with van der Waals surface area (Å²) in [5, 5.41) is 5.46. The molecule has 0 radical (unpaired) electrons. The Morgan fingerprint density at radius 1 is 1.23 bits per heavy atom. The van der Waals surface area contributed by atoms with Gasteiger partial charge in [-0.2, -0.15) is 5.10 Å². The third kappa shape index (κ3) is 3.46. The molecule has 7 nitrogen and oxygen atoms in total. The number of hydrogen-bond acceptors (Lipinski definition) is 6. The molecular formula is C22H23ClFN5O2. The van der Waals surface area contributed by atoms with E-state index in [2.05, 4.69) is 15.1 Å². The van der Waals surface area contributed by atoms with E-state index in [4.69, 9.17) is 21.3 Å². The second-order valence-electron chi connectivity index (χ2n) is 8.58. The van der Waals surface area contributed by atoms with Crippen molar-refractivity contribution in [2.45, 2.75) is 32.1 Å². The topological polar surface area (TPSA) is 82.8 Å². The van der Waals surface area contributed by atoms with Gasteiger partial charge in [-0.15, -0.1) is 0 Å². The molecule has 3 aromatic heterocycles. The van der Waals surface area contributed by atoms with Crippen LogP contribution in [0.4, 0.5) is 4.39 Å². The molecule has 0 aliphatic heterocycles. The molecule has 162 valence electrons. The lowest BCUT2D eigenvalue weighted by Crippen LogP contribution is -2.45. The molecule has 1 unspecified atom stereocenters. The van der Waals surface area contributed by atoms with Crippen LogP contribution in [0.3, 0.4) is 0 Å². The lowest BCUT2D eigenvalue weighted by Gasteiger charge is -2.47. The maximum Gasteiger partial charge on any atom is 0.309 e. The molecule has 0 amide bonds. The number of aromatic nitrogens is 5. The van der Waals surface area contributed by atoms with Gasteiger partial charge < -0.3 is 4.74 Å². The third-order valence-electron chi connectivity index (χ3n) is 6.97. The molecule has 0 saturated heterocycles. The van der Waals surface area contributed by atoms with E-state index >= 15 is 0 Å². The maximum atomic E-state index is 13.8. The van der Waals surface area contributed by atoms with Crippen LogP contribution < -0.4 is 0 Å². The van der Waals surface area contributed by atoms with E-state index in [1.807, 2.05) is 0 Å². The van der Waals surface area contributed by atoms with E-state index in [9.17, 15) is 9.18 Å². The number of rotatable bonds is 4. The molecule has 2 bridgehead atoms. The van der Waals surface area contributed by atoms with Crippen LogP contribution in [0.15, 0.2) is 18.5 Å². The number of methoxy groups -OCH3 is 1. The fraction of sp³-hybridized carbons (Fsp3) is 0.500. The fourth-order valence-corrected chi connectivity index (χ4v) is 5.70. The number of fused-ring (bicyclic) bond motifs is 4. The Hall–Kier alpha value is -2.61. The monoisotopic (exact) mass is 443 g/mol. The van der Waals surface area contributed by atoms with Crippen molar-refractivity contribution in [2.75, 3.05) is 7.11 Å². The van der Waals surface area contributed by atoms with Crippen LogP contribution in [0.1, 0.15) is 31.4 Å². The van der Waals surface area contributed by atoms with Gasteiger partial charge in [-0.3, -0.25) is 4.79 Å². The largest absolute Gasteiger partial charge is 0.469 e.